The zero-order valence-electron chi connectivity index (χ0n) is 12.1. The number of rotatable bonds is 6. The zero-order valence-corrected chi connectivity index (χ0v) is 12.9. The summed E-state index contributed by atoms with van der Waals surface area (Å²) in [7, 11) is -1.93. The summed E-state index contributed by atoms with van der Waals surface area (Å²) in [5.74, 6) is 0. The van der Waals surface area contributed by atoms with E-state index >= 15 is 0 Å². The molecule has 0 aliphatic carbocycles. The van der Waals surface area contributed by atoms with Crippen LogP contribution in [0.4, 0.5) is 5.69 Å². The zero-order chi connectivity index (χ0) is 14.6. The summed E-state index contributed by atoms with van der Waals surface area (Å²) in [5, 5.41) is 3.49. The number of sulfonamides is 1. The van der Waals surface area contributed by atoms with Crippen LogP contribution in [0, 0.1) is 0 Å². The van der Waals surface area contributed by atoms with E-state index in [-0.39, 0.29) is 0 Å². The summed E-state index contributed by atoms with van der Waals surface area (Å²) in [4.78, 5) is 2.58. The molecule has 20 heavy (non-hydrogen) atoms. The third-order valence-corrected chi connectivity index (χ3v) is 5.20. The number of hydrogen-bond donors (Lipinski definition) is 2. The highest BCUT2D eigenvalue weighted by Gasteiger charge is 2.18. The van der Waals surface area contributed by atoms with Gasteiger partial charge in [0.2, 0.25) is 10.0 Å². The highest BCUT2D eigenvalue weighted by Crippen LogP contribution is 2.19. The first-order valence-corrected chi connectivity index (χ1v) is 8.57. The van der Waals surface area contributed by atoms with Crippen LogP contribution in [0.2, 0.25) is 0 Å². The highest BCUT2D eigenvalue weighted by atomic mass is 32.2. The molecule has 1 saturated heterocycles. The summed E-state index contributed by atoms with van der Waals surface area (Å²) in [5.41, 5.74) is 1.07. The van der Waals surface area contributed by atoms with Gasteiger partial charge in [-0.25, -0.2) is 13.1 Å². The van der Waals surface area contributed by atoms with Crippen molar-refractivity contribution in [1.29, 1.82) is 0 Å². The smallest absolute Gasteiger partial charge is 0.240 e. The Labute approximate surface area is 121 Å². The van der Waals surface area contributed by atoms with Crippen molar-refractivity contribution in [2.24, 2.45) is 0 Å². The molecule has 6 heteroatoms. The second-order valence-corrected chi connectivity index (χ2v) is 6.92. The van der Waals surface area contributed by atoms with Crippen molar-refractivity contribution in [3.05, 3.63) is 24.3 Å². The van der Waals surface area contributed by atoms with Crippen LogP contribution >= 0.6 is 0 Å². The molecular formula is C14H23N3O2S. The van der Waals surface area contributed by atoms with Gasteiger partial charge in [-0.05, 0) is 57.6 Å². The van der Waals surface area contributed by atoms with E-state index in [4.69, 9.17) is 0 Å². The Morgan fingerprint density at radius 1 is 1.35 bits per heavy atom. The maximum absolute atomic E-state index is 11.7. The van der Waals surface area contributed by atoms with Crippen LogP contribution in [0.5, 0.6) is 0 Å². The van der Waals surface area contributed by atoms with E-state index < -0.39 is 10.0 Å². The van der Waals surface area contributed by atoms with E-state index in [1.807, 2.05) is 12.1 Å². The fourth-order valence-electron chi connectivity index (χ4n) is 2.55. The van der Waals surface area contributed by atoms with E-state index in [0.29, 0.717) is 10.9 Å². The van der Waals surface area contributed by atoms with E-state index in [2.05, 4.69) is 21.9 Å². The van der Waals surface area contributed by atoms with Gasteiger partial charge >= 0.3 is 0 Å². The summed E-state index contributed by atoms with van der Waals surface area (Å²) < 4.78 is 25.7. The van der Waals surface area contributed by atoms with Gasteiger partial charge in [-0.1, -0.05) is 0 Å². The van der Waals surface area contributed by atoms with Crippen LogP contribution in [-0.2, 0) is 10.0 Å². The van der Waals surface area contributed by atoms with E-state index in [0.717, 1.165) is 25.3 Å². The minimum absolute atomic E-state index is 0.304. The molecule has 0 bridgehead atoms. The molecule has 1 aromatic rings. The van der Waals surface area contributed by atoms with Crippen molar-refractivity contribution < 1.29 is 8.42 Å². The predicted molar refractivity (Wildman–Crippen MR) is 81.6 cm³/mol. The average molecular weight is 297 g/mol. The van der Waals surface area contributed by atoms with E-state index in [1.54, 1.807) is 12.1 Å². The summed E-state index contributed by atoms with van der Waals surface area (Å²) >= 11 is 0. The first-order chi connectivity index (χ1) is 9.56. The molecule has 0 radical (unpaired) electrons. The maximum atomic E-state index is 11.7. The lowest BCUT2D eigenvalue weighted by molar-refractivity contribution is 0.585. The Morgan fingerprint density at radius 3 is 2.55 bits per heavy atom. The molecule has 0 aromatic heterocycles. The quantitative estimate of drug-likeness (QED) is 0.827. The Morgan fingerprint density at radius 2 is 2.05 bits per heavy atom. The van der Waals surface area contributed by atoms with Gasteiger partial charge in [-0.15, -0.1) is 0 Å². The number of hydrogen-bond acceptors (Lipinski definition) is 4. The number of nitrogens with zero attached hydrogens (tertiary/aromatic N) is 1. The summed E-state index contributed by atoms with van der Waals surface area (Å²) in [6.07, 6.45) is 2.45. The third-order valence-electron chi connectivity index (χ3n) is 3.77. The van der Waals surface area contributed by atoms with Gasteiger partial charge in [0.15, 0.2) is 0 Å². The van der Waals surface area contributed by atoms with Crippen molar-refractivity contribution in [1.82, 2.24) is 10.0 Å². The van der Waals surface area contributed by atoms with Gasteiger partial charge in [-0.3, -0.25) is 0 Å². The lowest BCUT2D eigenvalue weighted by Crippen LogP contribution is -2.37. The minimum Gasteiger partial charge on any atom is -0.370 e. The van der Waals surface area contributed by atoms with Crippen LogP contribution < -0.4 is 14.9 Å². The number of benzene rings is 1. The van der Waals surface area contributed by atoms with Gasteiger partial charge in [0.1, 0.15) is 0 Å². The van der Waals surface area contributed by atoms with E-state index in [1.165, 1.54) is 19.9 Å². The molecule has 1 unspecified atom stereocenters. The predicted octanol–water partition coefficient (Wildman–Crippen LogP) is 1.17. The lowest BCUT2D eigenvalue weighted by atomic mass is 10.2. The highest BCUT2D eigenvalue weighted by molar-refractivity contribution is 7.89. The Bertz CT molecular complexity index is 522. The molecule has 1 aliphatic heterocycles. The summed E-state index contributed by atoms with van der Waals surface area (Å²) in [6.45, 7) is 5.10. The van der Waals surface area contributed by atoms with Gasteiger partial charge in [0.25, 0.3) is 0 Å². The molecular weight excluding hydrogens is 274 g/mol. The Balaban J connectivity index is 2.10. The average Bonchev–Trinajstić information content (AvgIpc) is 2.98. The topological polar surface area (TPSA) is 61.4 Å². The standard InChI is InChI=1S/C14H23N3O2S/c1-3-17(11-12-5-4-10-16-12)13-6-8-14(9-7-13)20(18,19)15-2/h6-9,12,15-16H,3-5,10-11H2,1-2H3. The van der Waals surface area contributed by atoms with Crippen LogP contribution in [0.1, 0.15) is 19.8 Å². The normalized spacial score (nSPS) is 19.2. The molecule has 0 saturated carbocycles. The maximum Gasteiger partial charge on any atom is 0.240 e. The molecule has 1 fully saturated rings. The minimum atomic E-state index is -3.35. The van der Waals surface area contributed by atoms with Gasteiger partial charge < -0.3 is 10.2 Å². The molecule has 1 atom stereocenters. The second kappa shape index (κ2) is 6.56. The molecule has 0 amide bonds. The molecule has 112 valence electrons. The van der Waals surface area contributed by atoms with Crippen LogP contribution in [0.3, 0.4) is 0 Å². The number of likely N-dealkylation sites (N-methyl/N-ethyl adjacent to an activating group) is 1. The molecule has 5 nitrogen and oxygen atoms in total. The number of nitrogens with one attached hydrogen (secondary N) is 2. The molecule has 0 spiro atoms. The second-order valence-electron chi connectivity index (χ2n) is 5.03. The largest absolute Gasteiger partial charge is 0.370 e. The SMILES string of the molecule is CCN(CC1CCCN1)c1ccc(S(=O)(=O)NC)cc1. The van der Waals surface area contributed by atoms with Crippen molar-refractivity contribution in [2.75, 3.05) is 31.6 Å². The fourth-order valence-corrected chi connectivity index (χ4v) is 3.28. The lowest BCUT2D eigenvalue weighted by Gasteiger charge is -2.26. The van der Waals surface area contributed by atoms with Crippen LogP contribution in [0.25, 0.3) is 0 Å². The van der Waals surface area contributed by atoms with Crippen molar-refractivity contribution >= 4 is 15.7 Å². The Kier molecular flexibility index (Phi) is 5.01. The monoisotopic (exact) mass is 297 g/mol. The molecule has 2 rings (SSSR count). The van der Waals surface area contributed by atoms with E-state index in [9.17, 15) is 8.42 Å². The fraction of sp³-hybridized carbons (Fsp3) is 0.571. The first kappa shape index (κ1) is 15.3. The van der Waals surface area contributed by atoms with Crippen LogP contribution in [0.15, 0.2) is 29.2 Å². The Hall–Kier alpha value is -1.11. The van der Waals surface area contributed by atoms with Gasteiger partial charge in [0.05, 0.1) is 4.90 Å². The first-order valence-electron chi connectivity index (χ1n) is 7.08. The van der Waals surface area contributed by atoms with Gasteiger partial charge in [-0.2, -0.15) is 0 Å². The molecule has 1 heterocycles. The molecule has 1 aromatic carbocycles. The summed E-state index contributed by atoms with van der Waals surface area (Å²) in [6, 6.07) is 7.61. The number of anilines is 1. The molecule has 1 aliphatic rings. The third kappa shape index (κ3) is 3.50. The van der Waals surface area contributed by atoms with Crippen molar-refractivity contribution in [2.45, 2.75) is 30.7 Å². The van der Waals surface area contributed by atoms with Crippen molar-refractivity contribution in [3.8, 4) is 0 Å². The van der Waals surface area contributed by atoms with Crippen molar-refractivity contribution in [3.63, 3.8) is 0 Å². The van der Waals surface area contributed by atoms with Gasteiger partial charge in [0, 0.05) is 24.8 Å². The molecule has 2 N–H and O–H groups in total. The van der Waals surface area contributed by atoms with Crippen LogP contribution in [-0.4, -0.2) is 41.1 Å².